The molecule has 10 aromatic carbocycles. The SMILES string of the molecule is Brc1cccc(-c2cccc(-c3ccc4c(c3)c3ccccc3n4-c3ccccc3)c2)c1.Brc1cccc(-c2cccc(I)c2)c1.C.CC1(C)OB(c2ccc3c(c2)c2ccccc2n3-c2ccccc2)OC1(C)C. The second-order valence-electron chi connectivity index (χ2n) is 19.6. The second-order valence-corrected chi connectivity index (χ2v) is 22.7. The highest BCUT2D eigenvalue weighted by Crippen LogP contribution is 2.39. The molecule has 2 aromatic heterocycles. The summed E-state index contributed by atoms with van der Waals surface area (Å²) in [6, 6.07) is 85.7. The fourth-order valence-corrected chi connectivity index (χ4v) is 11.2. The summed E-state index contributed by atoms with van der Waals surface area (Å²) in [4.78, 5) is 0. The number of rotatable bonds is 6. The van der Waals surface area contributed by atoms with Crippen LogP contribution in [0.1, 0.15) is 35.1 Å². The van der Waals surface area contributed by atoms with Crippen LogP contribution in [0, 0.1) is 3.57 Å². The highest BCUT2D eigenvalue weighted by molar-refractivity contribution is 14.1. The van der Waals surface area contributed by atoms with Crippen molar-refractivity contribution in [3.63, 3.8) is 0 Å². The zero-order valence-electron chi connectivity index (χ0n) is 41.5. The zero-order chi connectivity index (χ0) is 51.0. The fraction of sp³-hybridized carbons (Fsp3) is 0.104. The smallest absolute Gasteiger partial charge is 0.399 e. The molecule has 1 aliphatic rings. The third kappa shape index (κ3) is 10.7. The molecule has 0 spiro atoms. The fourth-order valence-electron chi connectivity index (χ4n) is 9.86. The van der Waals surface area contributed by atoms with Gasteiger partial charge in [-0.25, -0.2) is 0 Å². The lowest BCUT2D eigenvalue weighted by Crippen LogP contribution is -2.41. The predicted molar refractivity (Wildman–Crippen MR) is 335 cm³/mol. The molecule has 0 radical (unpaired) electrons. The molecule has 0 bridgehead atoms. The van der Waals surface area contributed by atoms with Crippen molar-refractivity contribution in [3.05, 3.63) is 255 Å². The van der Waals surface area contributed by atoms with E-state index in [0.717, 1.165) is 20.1 Å². The lowest BCUT2D eigenvalue weighted by Gasteiger charge is -2.32. The standard InChI is InChI=1S/C30H20BrN.C24H24BNO2.C12H8BrI.CH4/c31-25-11-7-10-23(19-25)21-8-6-9-22(18-21)24-16-17-30-28(20-24)27-14-4-5-15-29(27)32(30)26-12-2-1-3-13-26;1-23(2)24(3,4)28-25(27-23)17-14-15-22-20(16-17)19-12-8-9-13-21(19)26(22)18-10-6-5-7-11-18;13-11-5-1-3-9(7-11)10-4-2-6-12(14)8-10;/h1-20H;5-16H,1-4H3;1-8H;1H4. The molecule has 0 N–H and O–H groups in total. The van der Waals surface area contributed by atoms with Crippen molar-refractivity contribution in [2.75, 3.05) is 0 Å². The number of benzene rings is 10. The summed E-state index contributed by atoms with van der Waals surface area (Å²) in [5.74, 6) is 0. The Morgan fingerprint density at radius 3 is 1.24 bits per heavy atom. The van der Waals surface area contributed by atoms with E-state index in [2.05, 4.69) is 322 Å². The van der Waals surface area contributed by atoms with Crippen LogP contribution in [0.3, 0.4) is 0 Å². The first-order valence-electron chi connectivity index (χ1n) is 24.8. The number of aromatic nitrogens is 2. The number of hydrogen-bond acceptors (Lipinski definition) is 2. The van der Waals surface area contributed by atoms with Gasteiger partial charge in [0.25, 0.3) is 0 Å². The molecule has 0 atom stereocenters. The van der Waals surface area contributed by atoms with Gasteiger partial charge in [0.1, 0.15) is 0 Å². The van der Waals surface area contributed by atoms with Crippen molar-refractivity contribution in [2.24, 2.45) is 0 Å². The largest absolute Gasteiger partial charge is 0.494 e. The number of halogens is 3. The summed E-state index contributed by atoms with van der Waals surface area (Å²) in [5, 5.41) is 5.00. The van der Waals surface area contributed by atoms with Gasteiger partial charge in [0.05, 0.1) is 33.3 Å². The highest BCUT2D eigenvalue weighted by atomic mass is 127. The van der Waals surface area contributed by atoms with Crippen molar-refractivity contribution < 1.29 is 9.31 Å². The van der Waals surface area contributed by atoms with Crippen LogP contribution in [0.25, 0.3) is 88.4 Å². The van der Waals surface area contributed by atoms with E-state index in [-0.39, 0.29) is 25.7 Å². The van der Waals surface area contributed by atoms with E-state index in [4.69, 9.17) is 9.31 Å². The molecule has 0 amide bonds. The molecular formula is C67H56BBr2IN2O2. The third-order valence-corrected chi connectivity index (χ3v) is 15.9. The summed E-state index contributed by atoms with van der Waals surface area (Å²) in [6.45, 7) is 8.36. The second kappa shape index (κ2) is 22.0. The van der Waals surface area contributed by atoms with Crippen LogP contribution < -0.4 is 5.46 Å². The van der Waals surface area contributed by atoms with Crippen LogP contribution >= 0.6 is 54.5 Å². The summed E-state index contributed by atoms with van der Waals surface area (Å²) in [5.41, 5.74) is 15.0. The van der Waals surface area contributed by atoms with Crippen LogP contribution in [-0.4, -0.2) is 27.5 Å². The monoisotopic (exact) mass is 1220 g/mol. The van der Waals surface area contributed by atoms with Gasteiger partial charge in [-0.2, -0.15) is 0 Å². The minimum absolute atomic E-state index is 0. The molecular weight excluding hydrogens is 1160 g/mol. The quantitative estimate of drug-likeness (QED) is 0.123. The zero-order valence-corrected chi connectivity index (χ0v) is 46.8. The van der Waals surface area contributed by atoms with E-state index in [9.17, 15) is 0 Å². The Morgan fingerprint density at radius 1 is 0.360 bits per heavy atom. The van der Waals surface area contributed by atoms with Crippen molar-refractivity contribution >= 4 is 111 Å². The van der Waals surface area contributed by atoms with Gasteiger partial charge in [-0.1, -0.05) is 185 Å². The van der Waals surface area contributed by atoms with E-state index < -0.39 is 0 Å². The molecule has 4 nitrogen and oxygen atoms in total. The van der Waals surface area contributed by atoms with Crippen molar-refractivity contribution in [2.45, 2.75) is 46.3 Å². The van der Waals surface area contributed by atoms with Gasteiger partial charge in [-0.3, -0.25) is 0 Å². The van der Waals surface area contributed by atoms with Crippen LogP contribution in [0.15, 0.2) is 252 Å². The van der Waals surface area contributed by atoms with Gasteiger partial charge in [-0.15, -0.1) is 0 Å². The van der Waals surface area contributed by atoms with Crippen molar-refractivity contribution in [1.82, 2.24) is 9.13 Å². The first kappa shape index (κ1) is 51.9. The molecule has 12 aromatic rings. The van der Waals surface area contributed by atoms with Gasteiger partial charge < -0.3 is 18.4 Å². The molecule has 0 unspecified atom stereocenters. The van der Waals surface area contributed by atoms with E-state index in [1.807, 2.05) is 12.1 Å². The molecule has 370 valence electrons. The number of fused-ring (bicyclic) bond motifs is 6. The molecule has 3 heterocycles. The Bertz CT molecular complexity index is 3920. The molecule has 75 heavy (non-hydrogen) atoms. The molecule has 13 rings (SSSR count). The van der Waals surface area contributed by atoms with Crippen LogP contribution in [0.5, 0.6) is 0 Å². The van der Waals surface area contributed by atoms with E-state index in [0.29, 0.717) is 0 Å². The maximum absolute atomic E-state index is 6.27. The summed E-state index contributed by atoms with van der Waals surface area (Å²) >= 11 is 9.40. The average Bonchev–Trinajstić information content (AvgIpc) is 4.03. The van der Waals surface area contributed by atoms with Crippen molar-refractivity contribution in [3.8, 4) is 44.8 Å². The third-order valence-electron chi connectivity index (χ3n) is 14.3. The van der Waals surface area contributed by atoms with Gasteiger partial charge in [0, 0.05) is 45.4 Å². The number of hydrogen-bond donors (Lipinski definition) is 0. The first-order valence-corrected chi connectivity index (χ1v) is 27.5. The predicted octanol–water partition coefficient (Wildman–Crippen LogP) is 19.3. The van der Waals surface area contributed by atoms with E-state index in [1.165, 1.54) is 86.2 Å². The average molecular weight is 1220 g/mol. The lowest BCUT2D eigenvalue weighted by atomic mass is 9.78. The molecule has 0 aliphatic carbocycles. The Hall–Kier alpha value is -6.53. The molecule has 1 saturated heterocycles. The minimum Gasteiger partial charge on any atom is -0.399 e. The number of para-hydroxylation sites is 4. The Labute approximate surface area is 471 Å². The summed E-state index contributed by atoms with van der Waals surface area (Å²) in [6.07, 6.45) is 0. The summed E-state index contributed by atoms with van der Waals surface area (Å²) in [7, 11) is -0.353. The molecule has 1 fully saturated rings. The molecule has 8 heteroatoms. The lowest BCUT2D eigenvalue weighted by molar-refractivity contribution is 0.00578. The summed E-state index contributed by atoms with van der Waals surface area (Å²) < 4.78 is 20.7. The number of nitrogens with zero attached hydrogens (tertiary/aromatic N) is 2. The van der Waals surface area contributed by atoms with E-state index in [1.54, 1.807) is 0 Å². The van der Waals surface area contributed by atoms with Crippen LogP contribution in [0.4, 0.5) is 0 Å². The molecule has 0 saturated carbocycles. The Morgan fingerprint density at radius 2 is 0.747 bits per heavy atom. The van der Waals surface area contributed by atoms with Gasteiger partial charge in [0.15, 0.2) is 0 Å². The van der Waals surface area contributed by atoms with Gasteiger partial charge in [0.2, 0.25) is 0 Å². The van der Waals surface area contributed by atoms with Crippen molar-refractivity contribution in [1.29, 1.82) is 0 Å². The van der Waals surface area contributed by atoms with Gasteiger partial charge >= 0.3 is 7.12 Å². The maximum Gasteiger partial charge on any atom is 0.494 e. The van der Waals surface area contributed by atoms with Gasteiger partial charge in [-0.05, 0) is 186 Å². The minimum atomic E-state index is -0.353. The van der Waals surface area contributed by atoms with E-state index >= 15 is 0 Å². The topological polar surface area (TPSA) is 28.3 Å². The normalized spacial score (nSPS) is 13.5. The Kier molecular flexibility index (Phi) is 15.2. The highest BCUT2D eigenvalue weighted by Gasteiger charge is 2.51. The Balaban J connectivity index is 0.000000136. The van der Waals surface area contributed by atoms with Crippen LogP contribution in [0.2, 0.25) is 0 Å². The first-order chi connectivity index (χ1) is 35.9. The molecule has 1 aliphatic heterocycles. The maximum atomic E-state index is 6.27. The van der Waals surface area contributed by atoms with Crippen LogP contribution in [-0.2, 0) is 9.31 Å².